The van der Waals surface area contributed by atoms with E-state index in [0.717, 1.165) is 0 Å². The van der Waals surface area contributed by atoms with Gasteiger partial charge in [-0.2, -0.15) is 0 Å². The fourth-order valence-corrected chi connectivity index (χ4v) is 0. The van der Waals surface area contributed by atoms with Gasteiger partial charge in [0, 0.05) is 0 Å². The van der Waals surface area contributed by atoms with Crippen molar-refractivity contribution in [3.8, 4) is 0 Å². The van der Waals surface area contributed by atoms with E-state index in [0.29, 0.717) is 13.3 Å². The predicted octanol–water partition coefficient (Wildman–Crippen LogP) is -6.38. The number of hydrogen-bond acceptors (Lipinski definition) is 6. The van der Waals surface area contributed by atoms with Crippen molar-refractivity contribution < 1.29 is 29.4 Å². The summed E-state index contributed by atoms with van der Waals surface area (Å²) >= 11 is 0. The molecule has 0 saturated carbocycles. The monoisotopic (exact) mass is 244 g/mol. The number of hydrogen-bond donors (Lipinski definition) is 0. The maximum absolute atomic E-state index is 9.13. The average molecular weight is 244 g/mol. The molecule has 10 heteroatoms. The summed E-state index contributed by atoms with van der Waals surface area (Å²) in [7, 11) is -8.72. The first-order valence-corrected chi connectivity index (χ1v) is 6.67. The van der Waals surface area contributed by atoms with Crippen molar-refractivity contribution in [2.75, 3.05) is 13.3 Å². The molecule has 12 heavy (non-hydrogen) atoms. The first kappa shape index (κ1) is 23.5. The van der Waals surface area contributed by atoms with Crippen LogP contribution >= 0.6 is 15.9 Å². The normalized spacial score (nSPS) is 12.7. The summed E-state index contributed by atoms with van der Waals surface area (Å²) in [6.45, 7) is 1.32. The third kappa shape index (κ3) is 470. The number of rotatable bonds is 0. The van der Waals surface area contributed by atoms with E-state index in [1.807, 2.05) is 0 Å². The van der Waals surface area contributed by atoms with E-state index in [-0.39, 0.29) is 34.7 Å². The second kappa shape index (κ2) is 9.25. The van der Waals surface area contributed by atoms with E-state index in [4.69, 9.17) is 29.4 Å². The van der Waals surface area contributed by atoms with E-state index in [9.17, 15) is 0 Å². The quantitative estimate of drug-likeness (QED) is 0.306. The van der Waals surface area contributed by atoms with E-state index in [1.165, 1.54) is 0 Å². The first-order chi connectivity index (χ1) is 4.00. The van der Waals surface area contributed by atoms with Gasteiger partial charge >= 0.3 is 93.3 Å². The summed E-state index contributed by atoms with van der Waals surface area (Å²) in [4.78, 5) is 54.8. The molecule has 0 aliphatic carbocycles. The van der Waals surface area contributed by atoms with Crippen molar-refractivity contribution in [1.29, 1.82) is 0 Å². The maximum atomic E-state index is 9.13. The van der Waals surface area contributed by atoms with Crippen molar-refractivity contribution in [3.63, 3.8) is 0 Å². The van der Waals surface area contributed by atoms with Gasteiger partial charge < -0.3 is 0 Å². The molecule has 0 saturated heterocycles. The van der Waals surface area contributed by atoms with Gasteiger partial charge in [-0.1, -0.05) is 0 Å². The molecule has 0 unspecified atom stereocenters. The molecule has 0 N–H and O–H groups in total. The largest absolute Gasteiger partial charge is 3.00 e. The Hall–Kier alpha value is 1.68. The molecule has 0 atom stereocenters. The third-order valence-electron chi connectivity index (χ3n) is 0. The SMILES string of the molecule is C[PH]([O-])([O-])[O-].C[PH]([O-])([O-])[O-].[Al+3].[Al+3]. The van der Waals surface area contributed by atoms with Crippen molar-refractivity contribution in [3.05, 3.63) is 0 Å². The second-order valence-corrected chi connectivity index (χ2v) is 5.17. The van der Waals surface area contributed by atoms with Gasteiger partial charge in [-0.25, -0.2) is 0 Å². The summed E-state index contributed by atoms with van der Waals surface area (Å²) in [5.74, 6) is 0. The van der Waals surface area contributed by atoms with Crippen LogP contribution in [0.2, 0.25) is 0 Å². The smallest absolute Gasteiger partial charge is 3.00 e. The van der Waals surface area contributed by atoms with Crippen molar-refractivity contribution in [2.45, 2.75) is 0 Å². The van der Waals surface area contributed by atoms with Gasteiger partial charge in [-0.05, 0) is 0 Å². The Kier molecular flexibility index (Phi) is 18.1. The summed E-state index contributed by atoms with van der Waals surface area (Å²) in [6.07, 6.45) is 0. The van der Waals surface area contributed by atoms with E-state index in [1.54, 1.807) is 0 Å². The maximum Gasteiger partial charge on any atom is 3.00 e. The molecule has 0 radical (unpaired) electrons. The molecule has 0 heterocycles. The molecule has 0 aliphatic heterocycles. The van der Waals surface area contributed by atoms with Crippen LogP contribution in [-0.2, 0) is 0 Å². The second-order valence-electron chi connectivity index (χ2n) is 1.72. The summed E-state index contributed by atoms with van der Waals surface area (Å²) in [5, 5.41) is 0. The van der Waals surface area contributed by atoms with Gasteiger partial charge in [0.25, 0.3) is 0 Å². The van der Waals surface area contributed by atoms with Crippen LogP contribution in [0.1, 0.15) is 0 Å². The van der Waals surface area contributed by atoms with Crippen LogP contribution in [0, 0.1) is 0 Å². The molecule has 0 aromatic heterocycles. The Morgan fingerprint density at radius 1 is 0.583 bits per heavy atom. The van der Waals surface area contributed by atoms with E-state index < -0.39 is 15.9 Å². The minimum absolute atomic E-state index is 0. The molecule has 0 amide bonds. The Balaban J connectivity index is -0.0000000457. The van der Waals surface area contributed by atoms with Gasteiger partial charge in [-0.3, -0.25) is 0 Å². The summed E-state index contributed by atoms with van der Waals surface area (Å²) in [6, 6.07) is 0. The molecule has 6 nitrogen and oxygen atoms in total. The standard InChI is InChI=1S/2CH4O3P.2Al/c2*1-5(2,3)4;;/h2*5H,1H3;;/q2*-3;2*+3. The van der Waals surface area contributed by atoms with E-state index >= 15 is 0 Å². The Morgan fingerprint density at radius 3 is 0.583 bits per heavy atom. The first-order valence-electron chi connectivity index (χ1n) is 2.22. The van der Waals surface area contributed by atoms with Crippen LogP contribution < -0.4 is 29.4 Å². The zero-order chi connectivity index (χ0) is 9.00. The zero-order valence-corrected chi connectivity index (χ0v) is 10.9. The average Bonchev–Trinajstić information content (AvgIpc) is 1.12. The third-order valence-corrected chi connectivity index (χ3v) is 0. The van der Waals surface area contributed by atoms with E-state index in [2.05, 4.69) is 0 Å². The van der Waals surface area contributed by atoms with Crippen molar-refractivity contribution in [1.82, 2.24) is 0 Å². The topological polar surface area (TPSA) is 138 Å². The molecule has 0 fully saturated rings. The van der Waals surface area contributed by atoms with Crippen LogP contribution in [0.5, 0.6) is 0 Å². The molecule has 0 aliphatic rings. The Labute approximate surface area is 93.3 Å². The molecule has 0 rings (SSSR count). The molecular formula is C2H8Al2O6P2. The van der Waals surface area contributed by atoms with Gasteiger partial charge in [0.15, 0.2) is 0 Å². The predicted molar refractivity (Wildman–Crippen MR) is 40.0 cm³/mol. The van der Waals surface area contributed by atoms with Crippen LogP contribution in [0.25, 0.3) is 0 Å². The molecule has 0 bridgehead atoms. The van der Waals surface area contributed by atoms with Crippen molar-refractivity contribution in [2.24, 2.45) is 0 Å². The molecule has 0 spiro atoms. The fraction of sp³-hybridized carbons (Fsp3) is 1.00. The van der Waals surface area contributed by atoms with Crippen LogP contribution in [-0.4, -0.2) is 48.1 Å². The minimum atomic E-state index is -4.36. The van der Waals surface area contributed by atoms with Gasteiger partial charge in [0.2, 0.25) is 0 Å². The van der Waals surface area contributed by atoms with Gasteiger partial charge in [0.1, 0.15) is 0 Å². The van der Waals surface area contributed by atoms with Crippen LogP contribution in [0.15, 0.2) is 0 Å². The van der Waals surface area contributed by atoms with Gasteiger partial charge in [0.05, 0.1) is 0 Å². The zero-order valence-electron chi connectivity index (χ0n) is 6.60. The molecule has 68 valence electrons. The van der Waals surface area contributed by atoms with Crippen LogP contribution in [0.3, 0.4) is 0 Å². The van der Waals surface area contributed by atoms with Crippen LogP contribution in [0.4, 0.5) is 0 Å². The molecule has 0 aromatic carbocycles. The molecular weight excluding hydrogens is 236 g/mol. The Morgan fingerprint density at radius 2 is 0.583 bits per heavy atom. The van der Waals surface area contributed by atoms with Gasteiger partial charge in [-0.15, -0.1) is 0 Å². The van der Waals surface area contributed by atoms with Crippen molar-refractivity contribution >= 4 is 50.6 Å². The summed E-state index contributed by atoms with van der Waals surface area (Å²) < 4.78 is 0. The minimum Gasteiger partial charge on any atom is 3.00 e. The molecule has 0 aromatic rings. The Bertz CT molecular complexity index is 64.5. The summed E-state index contributed by atoms with van der Waals surface area (Å²) in [5.41, 5.74) is 0. The fourth-order valence-electron chi connectivity index (χ4n) is 0.